The molecule has 0 radical (unpaired) electrons. The van der Waals surface area contributed by atoms with Crippen molar-refractivity contribution in [2.75, 3.05) is 0 Å². The summed E-state index contributed by atoms with van der Waals surface area (Å²) in [5.74, 6) is 0. The van der Waals surface area contributed by atoms with Gasteiger partial charge in [0, 0.05) is 12.1 Å². The van der Waals surface area contributed by atoms with Crippen LogP contribution in [0.2, 0.25) is 0 Å². The summed E-state index contributed by atoms with van der Waals surface area (Å²) in [5.41, 5.74) is 0. The molecule has 44 heavy (non-hydrogen) atoms. The Kier molecular flexibility index (Phi) is 18.6. The van der Waals surface area contributed by atoms with Gasteiger partial charge in [-0.15, -0.1) is 0 Å². The molecule has 0 aliphatic heterocycles. The van der Waals surface area contributed by atoms with Crippen LogP contribution < -0.4 is 88.8 Å². The molecule has 8 heteroatoms. The van der Waals surface area contributed by atoms with Crippen LogP contribution in [0.25, 0.3) is 0 Å². The number of benzene rings is 4. The molecule has 240 valence electrons. The van der Waals surface area contributed by atoms with Gasteiger partial charge in [0.05, 0.1) is 21.2 Å². The van der Waals surface area contributed by atoms with Gasteiger partial charge < -0.3 is 48.0 Å². The van der Waals surface area contributed by atoms with E-state index in [1.54, 1.807) is 0 Å². The largest absolute Gasteiger partial charge is 1.00 e. The first-order valence-corrected chi connectivity index (χ1v) is 18.8. The molecule has 0 atom stereocenters. The summed E-state index contributed by atoms with van der Waals surface area (Å²) in [6.45, 7) is 17.7. The lowest BCUT2D eigenvalue weighted by molar-refractivity contribution is -0.472. The first-order chi connectivity index (χ1) is 20.1. The van der Waals surface area contributed by atoms with Crippen LogP contribution in [-0.4, -0.2) is 24.2 Å². The molecule has 0 aliphatic carbocycles. The smallest absolute Gasteiger partial charge is 0.220 e. The summed E-state index contributed by atoms with van der Waals surface area (Å²) >= 11 is 0. The molecule has 0 unspecified atom stereocenters. The number of halogens is 2. The minimum Gasteiger partial charge on any atom is -1.00 e. The van der Waals surface area contributed by atoms with Gasteiger partial charge in [-0.1, -0.05) is 72.8 Å². The van der Waals surface area contributed by atoms with E-state index in [1.165, 1.54) is 21.2 Å². The van der Waals surface area contributed by atoms with Gasteiger partial charge >= 0.3 is 0 Å². The lowest BCUT2D eigenvalue weighted by Crippen LogP contribution is -3.00. The van der Waals surface area contributed by atoms with Gasteiger partial charge in [-0.2, -0.15) is 0 Å². The molecule has 0 aromatic heterocycles. The molecule has 4 N–H and O–H groups in total. The molecule has 4 rings (SSSR count). The molecule has 4 aromatic carbocycles. The van der Waals surface area contributed by atoms with Crippen LogP contribution in [0.15, 0.2) is 121 Å². The average Bonchev–Trinajstić information content (AvgIpc) is 2.97. The Morgan fingerprint density at radius 2 is 0.591 bits per heavy atom. The van der Waals surface area contributed by atoms with Crippen LogP contribution in [0.1, 0.15) is 55.4 Å². The van der Waals surface area contributed by atoms with Crippen LogP contribution >= 0.6 is 14.4 Å². The molecule has 0 aliphatic rings. The van der Waals surface area contributed by atoms with E-state index in [9.17, 15) is 0 Å². The molecule has 0 fully saturated rings. The van der Waals surface area contributed by atoms with Crippen molar-refractivity contribution in [3.05, 3.63) is 121 Å². The average molecular weight is 857 g/mol. The van der Waals surface area contributed by atoms with Gasteiger partial charge in [0.25, 0.3) is 0 Å². The zero-order valence-electron chi connectivity index (χ0n) is 27.5. The third-order valence-electron chi connectivity index (χ3n) is 6.38. The maximum absolute atomic E-state index is 3.86. The molecule has 4 aromatic rings. The van der Waals surface area contributed by atoms with Crippen molar-refractivity contribution in [1.82, 2.24) is 10.2 Å². The van der Waals surface area contributed by atoms with Crippen molar-refractivity contribution < 1.29 is 57.4 Å². The second-order valence-corrected chi connectivity index (χ2v) is 17.6. The van der Waals surface area contributed by atoms with Crippen molar-refractivity contribution in [3.63, 3.8) is 0 Å². The van der Waals surface area contributed by atoms with E-state index >= 15 is 0 Å². The minimum atomic E-state index is -1.81. The predicted molar refractivity (Wildman–Crippen MR) is 187 cm³/mol. The molecule has 0 heterocycles. The topological polar surface area (TPSA) is 52.0 Å². The van der Waals surface area contributed by atoms with E-state index in [1.807, 2.05) is 0 Å². The maximum atomic E-state index is 3.86. The van der Waals surface area contributed by atoms with Gasteiger partial charge in [0.15, 0.2) is 0 Å². The lowest BCUT2D eigenvalue weighted by atomic mass is 10.4. The van der Waals surface area contributed by atoms with Crippen molar-refractivity contribution in [2.45, 2.75) is 79.6 Å². The van der Waals surface area contributed by atoms with Crippen molar-refractivity contribution in [2.24, 2.45) is 0 Å². The van der Waals surface area contributed by atoms with Gasteiger partial charge in [0.2, 0.25) is 14.4 Å². The SMILES string of the molecule is CC(C)NP(=[NH+]C(C)C)(c1ccccc1)c1ccccc1.CC(C)NP(=[NH+]C(C)C)(c1ccccc1)c1ccccc1.[I-].[I-]. The quantitative estimate of drug-likeness (QED) is 0.116. The number of nitrogens with one attached hydrogen (secondary N) is 4. The first kappa shape index (κ1) is 40.7. The molecule has 0 amide bonds. The fourth-order valence-electron chi connectivity index (χ4n) is 5.12. The zero-order chi connectivity index (χ0) is 30.6. The van der Waals surface area contributed by atoms with Crippen LogP contribution in [-0.2, 0) is 0 Å². The Morgan fingerprint density at radius 1 is 0.386 bits per heavy atom. The normalized spacial score (nSPS) is 11.4. The summed E-state index contributed by atoms with van der Waals surface area (Å²) in [5, 5.41) is 13.1. The van der Waals surface area contributed by atoms with Crippen LogP contribution in [0, 0.1) is 0 Å². The Hall–Kier alpha value is -1.28. The van der Waals surface area contributed by atoms with E-state index in [2.05, 4.69) is 196 Å². The summed E-state index contributed by atoms with van der Waals surface area (Å²) in [6, 6.07) is 44.7. The fraction of sp³-hybridized carbons (Fsp3) is 0.333. The molecule has 0 saturated heterocycles. The highest BCUT2D eigenvalue weighted by Gasteiger charge is 2.33. The van der Waals surface area contributed by atoms with Crippen LogP contribution in [0.5, 0.6) is 0 Å². The Bertz CT molecular complexity index is 1240. The Morgan fingerprint density at radius 3 is 0.750 bits per heavy atom. The van der Waals surface area contributed by atoms with Crippen molar-refractivity contribution >= 4 is 35.6 Å². The second kappa shape index (κ2) is 20.1. The monoisotopic (exact) mass is 856 g/mol. The molecule has 4 nitrogen and oxygen atoms in total. The standard InChI is InChI=1S/2C18H25N2P.2HI/c2*1-15(2)19-21(20-16(3)4,17-11-7-5-8-12-17)18-13-9-6-10-14-18;;/h2*5-16H,1-4H3,(H,19,20);2*1H. The Labute approximate surface area is 301 Å². The van der Waals surface area contributed by atoms with E-state index < -0.39 is 14.4 Å². The van der Waals surface area contributed by atoms with Gasteiger partial charge in [-0.3, -0.25) is 9.49 Å². The number of rotatable bonds is 10. The lowest BCUT2D eigenvalue weighted by Gasteiger charge is -2.24. The Balaban J connectivity index is 0.000000421. The number of hydrogen-bond donors (Lipinski definition) is 4. The summed E-state index contributed by atoms with van der Waals surface area (Å²) < 4.78 is 7.71. The van der Waals surface area contributed by atoms with E-state index in [4.69, 9.17) is 0 Å². The summed E-state index contributed by atoms with van der Waals surface area (Å²) in [6.07, 6.45) is 0. The molecular weight excluding hydrogens is 804 g/mol. The van der Waals surface area contributed by atoms with E-state index in [0.717, 1.165) is 0 Å². The van der Waals surface area contributed by atoms with E-state index in [-0.39, 0.29) is 48.0 Å². The highest BCUT2D eigenvalue weighted by Crippen LogP contribution is 2.36. The summed E-state index contributed by atoms with van der Waals surface area (Å²) in [7, 11) is -3.63. The molecule has 0 saturated carbocycles. The van der Waals surface area contributed by atoms with Gasteiger partial charge in [-0.05, 0) is 104 Å². The summed E-state index contributed by atoms with van der Waals surface area (Å²) in [4.78, 5) is 0. The van der Waals surface area contributed by atoms with Crippen molar-refractivity contribution in [3.8, 4) is 0 Å². The van der Waals surface area contributed by atoms with Crippen molar-refractivity contribution in [1.29, 1.82) is 0 Å². The van der Waals surface area contributed by atoms with Crippen LogP contribution in [0.3, 0.4) is 0 Å². The number of hydrogen-bond acceptors (Lipinski definition) is 0. The first-order valence-electron chi connectivity index (χ1n) is 15.2. The molecular formula is C36H52I2N4P2. The fourth-order valence-corrected chi connectivity index (χ4v) is 12.6. The molecule has 0 spiro atoms. The highest BCUT2D eigenvalue weighted by molar-refractivity contribution is 7.77. The van der Waals surface area contributed by atoms with E-state index in [0.29, 0.717) is 24.2 Å². The zero-order valence-corrected chi connectivity index (χ0v) is 33.6. The second-order valence-electron chi connectivity index (χ2n) is 11.8. The third-order valence-corrected chi connectivity index (χ3v) is 14.3. The minimum absolute atomic E-state index is 0. The van der Waals surface area contributed by atoms with Gasteiger partial charge in [-0.25, -0.2) is 10.2 Å². The highest BCUT2D eigenvalue weighted by atomic mass is 127. The third kappa shape index (κ3) is 11.5. The van der Waals surface area contributed by atoms with Gasteiger partial charge in [0.1, 0.15) is 12.1 Å². The predicted octanol–water partition coefficient (Wildman–Crippen LogP) is -1.51. The van der Waals surface area contributed by atoms with Crippen LogP contribution in [0.4, 0.5) is 0 Å². The maximum Gasteiger partial charge on any atom is 0.220 e. The molecule has 0 bridgehead atoms.